The van der Waals surface area contributed by atoms with Crippen molar-refractivity contribution in [3.05, 3.63) is 47.8 Å². The molecule has 142 valence electrons. The highest BCUT2D eigenvalue weighted by Crippen LogP contribution is 2.27. The number of aryl methyl sites for hydroxylation is 1. The zero-order valence-corrected chi connectivity index (χ0v) is 16.3. The molecule has 2 aromatic heterocycles. The van der Waals surface area contributed by atoms with Crippen molar-refractivity contribution in [3.63, 3.8) is 0 Å². The van der Waals surface area contributed by atoms with Crippen LogP contribution in [0.3, 0.4) is 0 Å². The lowest BCUT2D eigenvalue weighted by molar-refractivity contribution is 0.0757. The van der Waals surface area contributed by atoms with E-state index in [0.29, 0.717) is 17.8 Å². The Morgan fingerprint density at radius 3 is 2.74 bits per heavy atom. The van der Waals surface area contributed by atoms with E-state index >= 15 is 0 Å². The molecule has 1 N–H and O–H groups in total. The number of carbonyl (C=O) groups excluding carboxylic acids is 1. The van der Waals surface area contributed by atoms with E-state index in [2.05, 4.69) is 24.2 Å². The number of nitrogens with zero attached hydrogens (tertiary/aromatic N) is 4. The van der Waals surface area contributed by atoms with Crippen molar-refractivity contribution < 1.29 is 9.90 Å². The van der Waals surface area contributed by atoms with Gasteiger partial charge < -0.3 is 10.0 Å². The topological polar surface area (TPSA) is 71.2 Å². The molecule has 0 saturated carbocycles. The molecule has 0 aliphatic heterocycles. The molecule has 6 heteroatoms. The number of carbonyl (C=O) groups is 1. The molecule has 3 aromatic rings. The summed E-state index contributed by atoms with van der Waals surface area (Å²) in [6.45, 7) is 6.54. The van der Waals surface area contributed by atoms with Gasteiger partial charge in [-0.3, -0.25) is 9.48 Å². The molecular formula is C21H26N4O2. The standard InChI is InChI=1S/C21H26N4O2/c1-5-15-6-7-19-17(10-15)18(21(27)24(4)14(2)3)11-20(23-19)16-12-22-25(13-16)8-9-26/h6-7,10-14,26H,5,8-9H2,1-4H3. The number of hydrogen-bond acceptors (Lipinski definition) is 4. The van der Waals surface area contributed by atoms with E-state index in [-0.39, 0.29) is 18.6 Å². The Hall–Kier alpha value is -2.73. The number of rotatable bonds is 6. The highest BCUT2D eigenvalue weighted by atomic mass is 16.3. The number of aromatic nitrogens is 3. The van der Waals surface area contributed by atoms with Crippen molar-refractivity contribution in [1.82, 2.24) is 19.7 Å². The second-order valence-electron chi connectivity index (χ2n) is 6.99. The molecule has 6 nitrogen and oxygen atoms in total. The first kappa shape index (κ1) is 19.0. The molecule has 0 spiro atoms. The lowest BCUT2D eigenvalue weighted by Crippen LogP contribution is -2.33. The van der Waals surface area contributed by atoms with Crippen molar-refractivity contribution in [1.29, 1.82) is 0 Å². The van der Waals surface area contributed by atoms with E-state index in [1.165, 1.54) is 5.56 Å². The maximum atomic E-state index is 13.1. The third-order valence-electron chi connectivity index (χ3n) is 4.86. The van der Waals surface area contributed by atoms with Crippen LogP contribution in [0.1, 0.15) is 36.7 Å². The second kappa shape index (κ2) is 7.88. The minimum absolute atomic E-state index is 0.0188. The van der Waals surface area contributed by atoms with E-state index in [9.17, 15) is 4.79 Å². The molecule has 0 atom stereocenters. The summed E-state index contributed by atoms with van der Waals surface area (Å²) in [6.07, 6.45) is 4.45. The van der Waals surface area contributed by atoms with Gasteiger partial charge in [0.15, 0.2) is 0 Å². The number of amides is 1. The van der Waals surface area contributed by atoms with Crippen LogP contribution >= 0.6 is 0 Å². The van der Waals surface area contributed by atoms with E-state index in [1.54, 1.807) is 15.8 Å². The van der Waals surface area contributed by atoms with E-state index in [1.807, 2.05) is 39.2 Å². The van der Waals surface area contributed by atoms with Crippen LogP contribution in [0.15, 0.2) is 36.7 Å². The van der Waals surface area contributed by atoms with Crippen molar-refractivity contribution in [2.45, 2.75) is 39.8 Å². The van der Waals surface area contributed by atoms with Gasteiger partial charge in [-0.05, 0) is 44.0 Å². The van der Waals surface area contributed by atoms with Crippen LogP contribution in [0, 0.1) is 0 Å². The number of aliphatic hydroxyl groups is 1. The van der Waals surface area contributed by atoms with Gasteiger partial charge in [0.05, 0.1) is 36.1 Å². The van der Waals surface area contributed by atoms with Gasteiger partial charge in [0.2, 0.25) is 0 Å². The van der Waals surface area contributed by atoms with Crippen LogP contribution in [0.2, 0.25) is 0 Å². The lowest BCUT2D eigenvalue weighted by Gasteiger charge is -2.22. The van der Waals surface area contributed by atoms with Crippen LogP contribution in [-0.4, -0.2) is 50.4 Å². The first-order chi connectivity index (χ1) is 12.9. The lowest BCUT2D eigenvalue weighted by atomic mass is 10.0. The molecule has 0 bridgehead atoms. The van der Waals surface area contributed by atoms with Crippen molar-refractivity contribution >= 4 is 16.8 Å². The van der Waals surface area contributed by atoms with E-state index in [4.69, 9.17) is 10.1 Å². The first-order valence-electron chi connectivity index (χ1n) is 9.29. The van der Waals surface area contributed by atoms with Gasteiger partial charge in [0, 0.05) is 30.2 Å². The fourth-order valence-corrected chi connectivity index (χ4v) is 2.96. The molecule has 0 radical (unpaired) electrons. The number of pyridine rings is 1. The Labute approximate surface area is 159 Å². The number of hydrogen-bond donors (Lipinski definition) is 1. The van der Waals surface area contributed by atoms with Crippen molar-refractivity contribution in [2.75, 3.05) is 13.7 Å². The zero-order chi connectivity index (χ0) is 19.6. The average Bonchev–Trinajstić information content (AvgIpc) is 3.14. The van der Waals surface area contributed by atoms with Crippen molar-refractivity contribution in [3.8, 4) is 11.3 Å². The molecule has 0 aliphatic carbocycles. The summed E-state index contributed by atoms with van der Waals surface area (Å²) in [7, 11) is 1.82. The largest absolute Gasteiger partial charge is 0.394 e. The summed E-state index contributed by atoms with van der Waals surface area (Å²) < 4.78 is 1.67. The summed E-state index contributed by atoms with van der Waals surface area (Å²) in [4.78, 5) is 19.6. The normalized spacial score (nSPS) is 11.3. The highest BCUT2D eigenvalue weighted by Gasteiger charge is 2.20. The van der Waals surface area contributed by atoms with Gasteiger partial charge in [0.1, 0.15) is 0 Å². The van der Waals surface area contributed by atoms with Crippen LogP contribution in [0.5, 0.6) is 0 Å². The second-order valence-corrected chi connectivity index (χ2v) is 6.99. The van der Waals surface area contributed by atoms with Crippen LogP contribution in [-0.2, 0) is 13.0 Å². The molecule has 0 saturated heterocycles. The predicted octanol–water partition coefficient (Wildman–Crippen LogP) is 3.13. The number of benzene rings is 1. The van der Waals surface area contributed by atoms with Crippen LogP contribution < -0.4 is 0 Å². The van der Waals surface area contributed by atoms with Gasteiger partial charge in [-0.15, -0.1) is 0 Å². The Morgan fingerprint density at radius 2 is 2.07 bits per heavy atom. The monoisotopic (exact) mass is 366 g/mol. The third-order valence-corrected chi connectivity index (χ3v) is 4.86. The molecule has 1 amide bonds. The van der Waals surface area contributed by atoms with Crippen LogP contribution in [0.4, 0.5) is 0 Å². The quantitative estimate of drug-likeness (QED) is 0.727. The minimum Gasteiger partial charge on any atom is -0.394 e. The fourth-order valence-electron chi connectivity index (χ4n) is 2.96. The Kier molecular flexibility index (Phi) is 5.56. The number of aliphatic hydroxyl groups excluding tert-OH is 1. The molecule has 0 unspecified atom stereocenters. The van der Waals surface area contributed by atoms with Gasteiger partial charge in [0.25, 0.3) is 5.91 Å². The third kappa shape index (κ3) is 3.85. The summed E-state index contributed by atoms with van der Waals surface area (Å²) in [5.74, 6) is -0.0188. The zero-order valence-electron chi connectivity index (χ0n) is 16.3. The molecular weight excluding hydrogens is 340 g/mol. The van der Waals surface area contributed by atoms with Crippen LogP contribution in [0.25, 0.3) is 22.2 Å². The molecule has 27 heavy (non-hydrogen) atoms. The maximum absolute atomic E-state index is 13.1. The minimum atomic E-state index is -0.0188. The Balaban J connectivity index is 2.17. The summed E-state index contributed by atoms with van der Waals surface area (Å²) in [5, 5.41) is 14.2. The maximum Gasteiger partial charge on any atom is 0.254 e. The average molecular weight is 366 g/mol. The number of fused-ring (bicyclic) bond motifs is 1. The summed E-state index contributed by atoms with van der Waals surface area (Å²) >= 11 is 0. The molecule has 2 heterocycles. The summed E-state index contributed by atoms with van der Waals surface area (Å²) in [5.41, 5.74) is 4.15. The highest BCUT2D eigenvalue weighted by molar-refractivity contribution is 6.07. The van der Waals surface area contributed by atoms with Gasteiger partial charge in [-0.1, -0.05) is 13.0 Å². The molecule has 1 aromatic carbocycles. The SMILES string of the molecule is CCc1ccc2nc(-c3cnn(CCO)c3)cc(C(=O)N(C)C(C)C)c2c1. The van der Waals surface area contributed by atoms with Gasteiger partial charge in [-0.2, -0.15) is 5.10 Å². The fraction of sp³-hybridized carbons (Fsp3) is 0.381. The smallest absolute Gasteiger partial charge is 0.254 e. The Bertz CT molecular complexity index is 962. The van der Waals surface area contributed by atoms with E-state index < -0.39 is 0 Å². The van der Waals surface area contributed by atoms with Gasteiger partial charge >= 0.3 is 0 Å². The first-order valence-corrected chi connectivity index (χ1v) is 9.29. The Morgan fingerprint density at radius 1 is 1.30 bits per heavy atom. The predicted molar refractivity (Wildman–Crippen MR) is 107 cm³/mol. The molecule has 0 fully saturated rings. The van der Waals surface area contributed by atoms with Crippen molar-refractivity contribution in [2.24, 2.45) is 0 Å². The molecule has 0 aliphatic rings. The molecule has 3 rings (SSSR count). The van der Waals surface area contributed by atoms with E-state index in [0.717, 1.165) is 22.9 Å². The summed E-state index contributed by atoms with van der Waals surface area (Å²) in [6, 6.07) is 8.04. The van der Waals surface area contributed by atoms with Gasteiger partial charge in [-0.25, -0.2) is 4.98 Å².